The molecule has 0 saturated carbocycles. The summed E-state index contributed by atoms with van der Waals surface area (Å²) in [5.41, 5.74) is 0.648. The first kappa shape index (κ1) is 17.2. The second-order valence-electron chi connectivity index (χ2n) is 4.81. The van der Waals surface area contributed by atoms with E-state index >= 15 is 0 Å². The Hall–Kier alpha value is -1.89. The summed E-state index contributed by atoms with van der Waals surface area (Å²) in [4.78, 5) is 24.3. The van der Waals surface area contributed by atoms with Gasteiger partial charge in [-0.1, -0.05) is 13.8 Å². The van der Waals surface area contributed by atoms with Crippen LogP contribution in [0, 0.1) is 0 Å². The third-order valence-corrected chi connectivity index (χ3v) is 3.25. The van der Waals surface area contributed by atoms with Gasteiger partial charge in [0, 0.05) is 25.6 Å². The normalized spacial score (nSPS) is 10.8. The number of likely N-dealkylation sites (N-methyl/N-ethyl adjacent to an activating group) is 1. The number of carbonyl (C=O) groups is 2. The Bertz CT molecular complexity index is 455. The lowest BCUT2D eigenvalue weighted by Crippen LogP contribution is -2.27. The molecule has 0 aromatic carbocycles. The zero-order valence-electron chi connectivity index (χ0n) is 12.7. The number of carbonyl (C=O) groups excluding carboxylic acids is 1. The molecule has 2 N–H and O–H groups in total. The number of carboxylic acid groups (broad SMARTS) is 1. The number of rotatable bonds is 10. The first-order valence-corrected chi connectivity index (χ1v) is 7.31. The minimum Gasteiger partial charge on any atom is -0.481 e. The topological polar surface area (TPSA) is 87.5 Å². The average molecular weight is 296 g/mol. The van der Waals surface area contributed by atoms with Crippen LogP contribution in [0.1, 0.15) is 33.1 Å². The molecule has 0 atom stereocenters. The number of aromatic nitrogens is 2. The number of amides is 1. The van der Waals surface area contributed by atoms with E-state index in [1.807, 2.05) is 0 Å². The highest BCUT2D eigenvalue weighted by Gasteiger charge is 2.07. The number of anilines is 1. The van der Waals surface area contributed by atoms with E-state index in [0.29, 0.717) is 12.1 Å². The summed E-state index contributed by atoms with van der Waals surface area (Å²) >= 11 is 0. The Balaban J connectivity index is 2.34. The van der Waals surface area contributed by atoms with Gasteiger partial charge < -0.3 is 15.3 Å². The number of hydrogen-bond donors (Lipinski definition) is 2. The number of nitrogens with one attached hydrogen (secondary N) is 1. The Morgan fingerprint density at radius 3 is 2.67 bits per heavy atom. The fourth-order valence-electron chi connectivity index (χ4n) is 1.96. The summed E-state index contributed by atoms with van der Waals surface area (Å²) in [6, 6.07) is 0. The van der Waals surface area contributed by atoms with Crippen LogP contribution < -0.4 is 5.32 Å². The summed E-state index contributed by atoms with van der Waals surface area (Å²) in [6.45, 7) is 7.94. The molecule has 1 rings (SSSR count). The predicted molar refractivity (Wildman–Crippen MR) is 80.1 cm³/mol. The van der Waals surface area contributed by atoms with Crippen molar-refractivity contribution in [1.82, 2.24) is 14.7 Å². The van der Waals surface area contributed by atoms with Crippen molar-refractivity contribution in [1.29, 1.82) is 0 Å². The van der Waals surface area contributed by atoms with Crippen LogP contribution in [-0.4, -0.2) is 51.3 Å². The van der Waals surface area contributed by atoms with E-state index in [4.69, 9.17) is 5.11 Å². The Labute approximate surface area is 124 Å². The average Bonchev–Trinajstić information content (AvgIpc) is 2.87. The van der Waals surface area contributed by atoms with Crippen molar-refractivity contribution in [2.24, 2.45) is 0 Å². The highest BCUT2D eigenvalue weighted by Crippen LogP contribution is 2.07. The zero-order valence-corrected chi connectivity index (χ0v) is 12.7. The minimum atomic E-state index is -0.882. The number of carboxylic acids is 1. The van der Waals surface area contributed by atoms with Crippen LogP contribution in [0.4, 0.5) is 5.69 Å². The van der Waals surface area contributed by atoms with Crippen LogP contribution in [0.3, 0.4) is 0 Å². The molecule has 0 spiro atoms. The maximum absolute atomic E-state index is 11.6. The fraction of sp³-hybridized carbons (Fsp3) is 0.643. The van der Waals surface area contributed by atoms with Gasteiger partial charge in [0.25, 0.3) is 0 Å². The van der Waals surface area contributed by atoms with Gasteiger partial charge in [0.1, 0.15) is 0 Å². The lowest BCUT2D eigenvalue weighted by atomic mass is 10.2. The van der Waals surface area contributed by atoms with Crippen LogP contribution in [0.15, 0.2) is 12.4 Å². The van der Waals surface area contributed by atoms with E-state index in [2.05, 4.69) is 29.2 Å². The molecule has 0 aliphatic rings. The highest BCUT2D eigenvalue weighted by molar-refractivity contribution is 5.90. The van der Waals surface area contributed by atoms with Gasteiger partial charge in [-0.3, -0.25) is 14.3 Å². The molecular weight excluding hydrogens is 272 g/mol. The Morgan fingerprint density at radius 1 is 1.33 bits per heavy atom. The van der Waals surface area contributed by atoms with Crippen LogP contribution in [0.25, 0.3) is 0 Å². The van der Waals surface area contributed by atoms with Crippen molar-refractivity contribution in [3.05, 3.63) is 12.4 Å². The number of aliphatic carboxylic acids is 1. The quantitative estimate of drug-likeness (QED) is 0.682. The highest BCUT2D eigenvalue weighted by atomic mass is 16.4. The molecular formula is C14H24N4O3. The second-order valence-corrected chi connectivity index (χ2v) is 4.81. The van der Waals surface area contributed by atoms with E-state index in [1.165, 1.54) is 0 Å². The van der Waals surface area contributed by atoms with Crippen molar-refractivity contribution >= 4 is 17.6 Å². The van der Waals surface area contributed by atoms with Crippen LogP contribution >= 0.6 is 0 Å². The van der Waals surface area contributed by atoms with Gasteiger partial charge in [-0.25, -0.2) is 0 Å². The molecule has 118 valence electrons. The molecule has 7 nitrogen and oxygen atoms in total. The molecule has 1 heterocycles. The van der Waals surface area contributed by atoms with E-state index in [-0.39, 0.29) is 18.7 Å². The summed E-state index contributed by atoms with van der Waals surface area (Å²) in [5.74, 6) is -1.06. The van der Waals surface area contributed by atoms with Crippen molar-refractivity contribution in [2.45, 2.75) is 39.7 Å². The van der Waals surface area contributed by atoms with Gasteiger partial charge in [0.2, 0.25) is 5.91 Å². The van der Waals surface area contributed by atoms with E-state index in [0.717, 1.165) is 26.2 Å². The molecule has 1 aromatic rings. The van der Waals surface area contributed by atoms with Gasteiger partial charge in [-0.05, 0) is 19.5 Å². The standard InChI is InChI=1S/C14H24N4O3/c1-3-17(4-2)8-9-18-11-12(10-15-18)16-13(19)6-5-7-14(20)21/h10-11H,3-9H2,1-2H3,(H,16,19)(H,20,21). The summed E-state index contributed by atoms with van der Waals surface area (Å²) < 4.78 is 1.80. The molecule has 0 radical (unpaired) electrons. The van der Waals surface area contributed by atoms with E-state index < -0.39 is 5.97 Å². The summed E-state index contributed by atoms with van der Waals surface area (Å²) in [5, 5.41) is 15.4. The molecule has 0 unspecified atom stereocenters. The van der Waals surface area contributed by atoms with Crippen LogP contribution in [0.5, 0.6) is 0 Å². The van der Waals surface area contributed by atoms with Gasteiger partial charge in [-0.15, -0.1) is 0 Å². The van der Waals surface area contributed by atoms with Crippen LogP contribution in [-0.2, 0) is 16.1 Å². The molecule has 1 aromatic heterocycles. The first-order valence-electron chi connectivity index (χ1n) is 7.31. The minimum absolute atomic E-state index is 0.0105. The maximum atomic E-state index is 11.6. The van der Waals surface area contributed by atoms with E-state index in [1.54, 1.807) is 17.1 Å². The second kappa shape index (κ2) is 9.12. The molecule has 0 fully saturated rings. The van der Waals surface area contributed by atoms with Crippen molar-refractivity contribution in [3.8, 4) is 0 Å². The van der Waals surface area contributed by atoms with Gasteiger partial charge in [0.15, 0.2) is 0 Å². The Morgan fingerprint density at radius 2 is 2.05 bits per heavy atom. The van der Waals surface area contributed by atoms with Gasteiger partial charge >= 0.3 is 5.97 Å². The summed E-state index contributed by atoms with van der Waals surface area (Å²) in [6.07, 6.45) is 3.96. The molecule has 0 aliphatic heterocycles. The van der Waals surface area contributed by atoms with Gasteiger partial charge in [-0.2, -0.15) is 5.10 Å². The molecule has 21 heavy (non-hydrogen) atoms. The zero-order chi connectivity index (χ0) is 15.7. The van der Waals surface area contributed by atoms with Crippen molar-refractivity contribution in [3.63, 3.8) is 0 Å². The number of hydrogen-bond acceptors (Lipinski definition) is 4. The smallest absolute Gasteiger partial charge is 0.303 e. The summed E-state index contributed by atoms with van der Waals surface area (Å²) in [7, 11) is 0. The Kier molecular flexibility index (Phi) is 7.45. The molecule has 0 bridgehead atoms. The third-order valence-electron chi connectivity index (χ3n) is 3.25. The predicted octanol–water partition coefficient (Wildman–Crippen LogP) is 1.42. The van der Waals surface area contributed by atoms with Gasteiger partial charge in [0.05, 0.1) is 18.4 Å². The van der Waals surface area contributed by atoms with Crippen LogP contribution in [0.2, 0.25) is 0 Å². The van der Waals surface area contributed by atoms with Crippen molar-refractivity contribution < 1.29 is 14.7 Å². The third kappa shape index (κ3) is 6.89. The largest absolute Gasteiger partial charge is 0.481 e. The molecule has 1 amide bonds. The lowest BCUT2D eigenvalue weighted by molar-refractivity contribution is -0.137. The molecule has 0 saturated heterocycles. The monoisotopic (exact) mass is 296 g/mol. The number of nitrogens with zero attached hydrogens (tertiary/aromatic N) is 3. The SMILES string of the molecule is CCN(CC)CCn1cc(NC(=O)CCCC(=O)O)cn1. The maximum Gasteiger partial charge on any atom is 0.303 e. The fourth-order valence-corrected chi connectivity index (χ4v) is 1.96. The molecule has 0 aliphatic carbocycles. The molecule has 7 heteroatoms. The lowest BCUT2D eigenvalue weighted by Gasteiger charge is -2.17. The van der Waals surface area contributed by atoms with E-state index in [9.17, 15) is 9.59 Å². The first-order chi connectivity index (χ1) is 10.0. The van der Waals surface area contributed by atoms with Crippen molar-refractivity contribution in [2.75, 3.05) is 25.0 Å².